The monoisotopic (exact) mass is 480 g/mol. The molecule has 0 atom stereocenters. The molecule has 9 heteroatoms. The number of fused-ring (bicyclic) bond motifs is 2. The highest BCUT2D eigenvalue weighted by atomic mass is 32.2. The first-order valence-electron chi connectivity index (χ1n) is 11.9. The van der Waals surface area contributed by atoms with Gasteiger partial charge < -0.3 is 10.3 Å². The van der Waals surface area contributed by atoms with Gasteiger partial charge in [0, 0.05) is 47.8 Å². The van der Waals surface area contributed by atoms with E-state index in [4.69, 9.17) is 4.98 Å². The third kappa shape index (κ3) is 4.11. The maximum absolute atomic E-state index is 11.4. The molecular weight excluding hydrogens is 448 g/mol. The van der Waals surface area contributed by atoms with Crippen LogP contribution in [0.4, 0.5) is 0 Å². The molecule has 4 aromatic heterocycles. The Morgan fingerprint density at radius 2 is 1.97 bits per heavy atom. The molecule has 0 amide bonds. The fourth-order valence-electron chi connectivity index (χ4n) is 5.03. The van der Waals surface area contributed by atoms with E-state index in [0.717, 1.165) is 52.0 Å². The van der Waals surface area contributed by atoms with E-state index in [0.29, 0.717) is 24.4 Å². The van der Waals surface area contributed by atoms with E-state index >= 15 is 0 Å². The van der Waals surface area contributed by atoms with Gasteiger partial charge in [-0.2, -0.15) is 5.10 Å². The van der Waals surface area contributed by atoms with E-state index in [1.54, 1.807) is 6.33 Å². The van der Waals surface area contributed by atoms with Crippen molar-refractivity contribution in [3.8, 4) is 11.3 Å². The first-order chi connectivity index (χ1) is 16.1. The largest absolute Gasteiger partial charge is 0.353 e. The summed E-state index contributed by atoms with van der Waals surface area (Å²) < 4.78 is 24.5. The molecule has 0 bridgehead atoms. The Morgan fingerprint density at radius 3 is 2.68 bits per heavy atom. The summed E-state index contributed by atoms with van der Waals surface area (Å²) in [7, 11) is -2.93. The molecule has 1 aliphatic rings. The van der Waals surface area contributed by atoms with Gasteiger partial charge in [0.1, 0.15) is 16.2 Å². The fourth-order valence-corrected chi connectivity index (χ4v) is 5.52. The van der Waals surface area contributed by atoms with Gasteiger partial charge in [-0.3, -0.25) is 4.98 Å². The molecule has 8 nitrogen and oxygen atoms in total. The second-order valence-electron chi connectivity index (χ2n) is 9.97. The predicted molar refractivity (Wildman–Crippen MR) is 135 cm³/mol. The Hall–Kier alpha value is -2.78. The highest BCUT2D eigenvalue weighted by Gasteiger charge is 2.31. The summed E-state index contributed by atoms with van der Waals surface area (Å²) in [5, 5.41) is 7.73. The van der Waals surface area contributed by atoms with Crippen LogP contribution in [0.3, 0.4) is 0 Å². The number of nitrogens with zero attached hydrogens (tertiary/aromatic N) is 4. The van der Waals surface area contributed by atoms with Crippen LogP contribution in [0.5, 0.6) is 0 Å². The Bertz CT molecular complexity index is 1480. The predicted octanol–water partition coefficient (Wildman–Crippen LogP) is 3.89. The van der Waals surface area contributed by atoms with Crippen LogP contribution in [0, 0.1) is 13.8 Å². The highest BCUT2D eigenvalue weighted by Crippen LogP contribution is 2.40. The van der Waals surface area contributed by atoms with Gasteiger partial charge in [0.05, 0.1) is 22.5 Å². The lowest BCUT2D eigenvalue weighted by Gasteiger charge is -2.35. The molecule has 4 heterocycles. The normalized spacial score (nSPS) is 18.8. The van der Waals surface area contributed by atoms with Crippen molar-refractivity contribution >= 4 is 26.5 Å². The molecule has 180 valence electrons. The van der Waals surface area contributed by atoms with Crippen LogP contribution < -0.4 is 5.32 Å². The summed E-state index contributed by atoms with van der Waals surface area (Å²) in [6, 6.07) is 4.63. The molecule has 5 rings (SSSR count). The molecule has 0 aromatic carbocycles. The lowest BCUT2D eigenvalue weighted by atomic mass is 9.78. The number of sulfone groups is 1. The smallest absolute Gasteiger partial charge is 0.158 e. The van der Waals surface area contributed by atoms with Crippen LogP contribution >= 0.6 is 0 Å². The molecule has 0 aliphatic heterocycles. The van der Waals surface area contributed by atoms with Gasteiger partial charge in [0.25, 0.3) is 0 Å². The van der Waals surface area contributed by atoms with Crippen LogP contribution in [-0.4, -0.2) is 57.6 Å². The summed E-state index contributed by atoms with van der Waals surface area (Å²) >= 11 is 0. The van der Waals surface area contributed by atoms with Crippen molar-refractivity contribution in [3.05, 3.63) is 47.0 Å². The van der Waals surface area contributed by atoms with Crippen LogP contribution in [-0.2, 0) is 9.84 Å². The molecule has 1 saturated carbocycles. The molecule has 1 fully saturated rings. The van der Waals surface area contributed by atoms with E-state index in [1.165, 1.54) is 17.4 Å². The Morgan fingerprint density at radius 1 is 1.21 bits per heavy atom. The minimum atomic E-state index is -2.93. The molecule has 0 spiro atoms. The van der Waals surface area contributed by atoms with Crippen molar-refractivity contribution in [2.24, 2.45) is 0 Å². The second-order valence-corrected chi connectivity index (χ2v) is 12.2. The molecule has 0 radical (unpaired) electrons. The number of rotatable bonds is 7. The topological polar surface area (TPSA) is 105 Å². The first-order valence-corrected chi connectivity index (χ1v) is 13.9. The molecule has 2 N–H and O–H groups in total. The minimum Gasteiger partial charge on any atom is -0.353 e. The minimum absolute atomic E-state index is 0.182. The summed E-state index contributed by atoms with van der Waals surface area (Å²) in [4.78, 5) is 13.2. The van der Waals surface area contributed by atoms with Crippen LogP contribution in [0.25, 0.3) is 27.9 Å². The number of H-pyrrole nitrogens is 1. The Balaban J connectivity index is 1.46. The van der Waals surface area contributed by atoms with Crippen LogP contribution in [0.15, 0.2) is 24.7 Å². The van der Waals surface area contributed by atoms with Crippen molar-refractivity contribution in [2.45, 2.75) is 58.4 Å². The number of aryl methyl sites for hydroxylation is 1. The van der Waals surface area contributed by atoms with Crippen LogP contribution in [0.2, 0.25) is 0 Å². The van der Waals surface area contributed by atoms with Crippen molar-refractivity contribution in [1.29, 1.82) is 0 Å². The summed E-state index contributed by atoms with van der Waals surface area (Å²) in [5.41, 5.74) is 9.83. The van der Waals surface area contributed by atoms with Crippen molar-refractivity contribution in [2.75, 3.05) is 18.6 Å². The lowest BCUT2D eigenvalue weighted by molar-refractivity contribution is 0.292. The van der Waals surface area contributed by atoms with E-state index < -0.39 is 9.84 Å². The lowest BCUT2D eigenvalue weighted by Crippen LogP contribution is -2.42. The number of hydrogen-bond donors (Lipinski definition) is 2. The number of aromatic nitrogens is 5. The molecule has 1 aliphatic carbocycles. The SMILES string of the molecule is Cc1c(-c2[nH]c3ccc(C4CC(NCCS(C)(=O)=O)C4)nc3c2C(C)C)cn2ncnc2c1C. The van der Waals surface area contributed by atoms with E-state index in [9.17, 15) is 8.42 Å². The number of pyridine rings is 2. The Labute approximate surface area is 200 Å². The van der Waals surface area contributed by atoms with Crippen LogP contribution in [0.1, 0.15) is 60.9 Å². The summed E-state index contributed by atoms with van der Waals surface area (Å²) in [6.45, 7) is 9.16. The molecule has 0 unspecified atom stereocenters. The van der Waals surface area contributed by atoms with Gasteiger partial charge in [-0.1, -0.05) is 13.8 Å². The number of nitrogens with one attached hydrogen (secondary N) is 2. The van der Waals surface area contributed by atoms with Crippen molar-refractivity contribution in [1.82, 2.24) is 29.9 Å². The zero-order valence-corrected chi connectivity index (χ0v) is 21.2. The van der Waals surface area contributed by atoms with Gasteiger partial charge in [-0.05, 0) is 55.9 Å². The average Bonchev–Trinajstić information content (AvgIpc) is 3.35. The molecule has 0 saturated heterocycles. The quantitative estimate of drug-likeness (QED) is 0.416. The zero-order valence-electron chi connectivity index (χ0n) is 20.4. The first kappa shape index (κ1) is 23.0. The van der Waals surface area contributed by atoms with E-state index in [1.807, 2.05) is 4.52 Å². The summed E-state index contributed by atoms with van der Waals surface area (Å²) in [6.07, 6.45) is 6.90. The maximum atomic E-state index is 11.4. The third-order valence-electron chi connectivity index (χ3n) is 7.14. The van der Waals surface area contributed by atoms with Gasteiger partial charge in [-0.25, -0.2) is 17.9 Å². The average molecular weight is 481 g/mol. The standard InChI is InChI=1S/C25H32N6O2S/c1-14(2)22-23(19-12-31-25(27-13-28-31)16(4)15(19)3)30-21-7-6-20(29-24(21)22)17-10-18(11-17)26-8-9-34(5,32)33/h6-7,12-14,17-18,26,30H,8-11H2,1-5H3. The second kappa shape index (κ2) is 8.46. The van der Waals surface area contributed by atoms with Crippen molar-refractivity contribution in [3.63, 3.8) is 0 Å². The zero-order chi connectivity index (χ0) is 24.2. The van der Waals surface area contributed by atoms with Crippen molar-refractivity contribution < 1.29 is 8.42 Å². The fraction of sp³-hybridized carbons (Fsp3) is 0.480. The Kier molecular flexibility index (Phi) is 5.72. The molecular formula is C25H32N6O2S. The molecule has 4 aromatic rings. The van der Waals surface area contributed by atoms with Gasteiger partial charge in [0.15, 0.2) is 5.65 Å². The highest BCUT2D eigenvalue weighted by molar-refractivity contribution is 7.90. The van der Waals surface area contributed by atoms with Gasteiger partial charge in [-0.15, -0.1) is 0 Å². The number of hydrogen-bond acceptors (Lipinski definition) is 6. The molecule has 34 heavy (non-hydrogen) atoms. The maximum Gasteiger partial charge on any atom is 0.158 e. The number of aromatic amines is 1. The van der Waals surface area contributed by atoms with Gasteiger partial charge in [0.2, 0.25) is 0 Å². The summed E-state index contributed by atoms with van der Waals surface area (Å²) in [5.74, 6) is 0.875. The van der Waals surface area contributed by atoms with Gasteiger partial charge >= 0.3 is 0 Å². The van der Waals surface area contributed by atoms with E-state index in [2.05, 4.69) is 66.4 Å². The van der Waals surface area contributed by atoms with E-state index in [-0.39, 0.29) is 5.75 Å². The third-order valence-corrected chi connectivity index (χ3v) is 8.08.